The van der Waals surface area contributed by atoms with Gasteiger partial charge >= 0.3 is 0 Å². The molecule has 2 aromatic rings. The Balaban J connectivity index is 0.00000420. The van der Waals surface area contributed by atoms with Gasteiger partial charge in [0.15, 0.2) is 15.8 Å². The quantitative estimate of drug-likeness (QED) is 0.199. The summed E-state index contributed by atoms with van der Waals surface area (Å²) in [6.45, 7) is 5.27. The largest absolute Gasteiger partial charge is 0.467 e. The number of hydrogen-bond acceptors (Lipinski definition) is 5. The highest BCUT2D eigenvalue weighted by Gasteiger charge is 2.06. The first-order valence-electron chi connectivity index (χ1n) is 9.40. The van der Waals surface area contributed by atoms with Gasteiger partial charge in [0.25, 0.3) is 0 Å². The van der Waals surface area contributed by atoms with Gasteiger partial charge in [0, 0.05) is 32.5 Å². The number of nitrogens with zero attached hydrogens (tertiary/aromatic N) is 1. The number of rotatable bonds is 11. The Morgan fingerprint density at radius 1 is 1.17 bits per heavy atom. The summed E-state index contributed by atoms with van der Waals surface area (Å²) in [6.07, 6.45) is 4.45. The molecule has 0 aliphatic rings. The van der Waals surface area contributed by atoms with E-state index in [2.05, 4.69) is 15.6 Å². The van der Waals surface area contributed by atoms with Crippen molar-refractivity contribution in [3.05, 3.63) is 54.0 Å². The number of nitrogens with one attached hydrogen (secondary N) is 2. The number of aliphatic imine (C=N–C) groups is 1. The molecule has 0 spiro atoms. The van der Waals surface area contributed by atoms with Crippen LogP contribution in [0, 0.1) is 0 Å². The summed E-state index contributed by atoms with van der Waals surface area (Å²) in [7, 11) is -3.15. The molecule has 0 bridgehead atoms. The lowest BCUT2D eigenvalue weighted by Crippen LogP contribution is -2.38. The SMILES string of the molecule is CCNC(=NCCCOCc1ccco1)NCCc1ccc(S(C)(=O)=O)cc1.I. The molecule has 0 aliphatic heterocycles. The van der Waals surface area contributed by atoms with Crippen LogP contribution in [0.4, 0.5) is 0 Å². The number of guanidine groups is 1. The van der Waals surface area contributed by atoms with Crippen molar-refractivity contribution in [1.82, 2.24) is 10.6 Å². The number of ether oxygens (including phenoxy) is 1. The lowest BCUT2D eigenvalue weighted by atomic mass is 10.1. The average Bonchev–Trinajstić information content (AvgIpc) is 3.17. The van der Waals surface area contributed by atoms with Gasteiger partial charge in [-0.05, 0) is 49.6 Å². The molecule has 1 heterocycles. The van der Waals surface area contributed by atoms with Gasteiger partial charge in [-0.1, -0.05) is 12.1 Å². The number of hydrogen-bond donors (Lipinski definition) is 2. The molecule has 0 radical (unpaired) electrons. The summed E-state index contributed by atoms with van der Waals surface area (Å²) in [5.74, 6) is 1.59. The minimum atomic E-state index is -3.15. The van der Waals surface area contributed by atoms with Crippen LogP contribution < -0.4 is 10.6 Å². The summed E-state index contributed by atoms with van der Waals surface area (Å²) in [6, 6.07) is 10.7. The fourth-order valence-corrected chi connectivity index (χ4v) is 3.13. The highest BCUT2D eigenvalue weighted by Crippen LogP contribution is 2.10. The number of benzene rings is 1. The van der Waals surface area contributed by atoms with Gasteiger partial charge in [0.1, 0.15) is 12.4 Å². The van der Waals surface area contributed by atoms with Gasteiger partial charge in [-0.3, -0.25) is 4.99 Å². The fraction of sp³-hybridized carbons (Fsp3) is 0.450. The van der Waals surface area contributed by atoms with Crippen molar-refractivity contribution in [3.8, 4) is 0 Å². The van der Waals surface area contributed by atoms with Crippen LogP contribution in [0.15, 0.2) is 57.0 Å². The normalized spacial score (nSPS) is 11.7. The van der Waals surface area contributed by atoms with E-state index in [4.69, 9.17) is 9.15 Å². The van der Waals surface area contributed by atoms with Gasteiger partial charge in [-0.25, -0.2) is 8.42 Å². The van der Waals surface area contributed by atoms with Gasteiger partial charge in [0.05, 0.1) is 11.2 Å². The van der Waals surface area contributed by atoms with Crippen LogP contribution in [0.3, 0.4) is 0 Å². The van der Waals surface area contributed by atoms with Gasteiger partial charge in [-0.15, -0.1) is 24.0 Å². The van der Waals surface area contributed by atoms with Crippen LogP contribution in [-0.2, 0) is 27.6 Å². The Morgan fingerprint density at radius 2 is 1.93 bits per heavy atom. The lowest BCUT2D eigenvalue weighted by molar-refractivity contribution is 0.105. The van der Waals surface area contributed by atoms with E-state index in [0.29, 0.717) is 31.2 Å². The predicted molar refractivity (Wildman–Crippen MR) is 126 cm³/mol. The van der Waals surface area contributed by atoms with Gasteiger partial charge in [-0.2, -0.15) is 0 Å². The molecule has 0 aliphatic carbocycles. The third-order valence-electron chi connectivity index (χ3n) is 3.94. The van der Waals surface area contributed by atoms with Crippen molar-refractivity contribution in [2.75, 3.05) is 32.5 Å². The van der Waals surface area contributed by atoms with Crippen molar-refractivity contribution in [3.63, 3.8) is 0 Å². The molecule has 0 fully saturated rings. The second-order valence-electron chi connectivity index (χ2n) is 6.34. The molecule has 7 nitrogen and oxygen atoms in total. The highest BCUT2D eigenvalue weighted by atomic mass is 127. The van der Waals surface area contributed by atoms with E-state index in [1.165, 1.54) is 6.26 Å². The van der Waals surface area contributed by atoms with Crippen molar-refractivity contribution < 1.29 is 17.6 Å². The summed E-state index contributed by atoms with van der Waals surface area (Å²) in [5, 5.41) is 6.51. The van der Waals surface area contributed by atoms with Crippen molar-refractivity contribution in [1.29, 1.82) is 0 Å². The molecule has 2 rings (SSSR count). The van der Waals surface area contributed by atoms with E-state index in [0.717, 1.165) is 36.7 Å². The zero-order valence-corrected chi connectivity index (χ0v) is 20.0. The summed E-state index contributed by atoms with van der Waals surface area (Å²) in [5.41, 5.74) is 1.07. The van der Waals surface area contributed by atoms with Crippen LogP contribution in [0.5, 0.6) is 0 Å². The molecule has 0 saturated carbocycles. The summed E-state index contributed by atoms with van der Waals surface area (Å²) >= 11 is 0. The van der Waals surface area contributed by atoms with Crippen molar-refractivity contribution >= 4 is 39.8 Å². The fourth-order valence-electron chi connectivity index (χ4n) is 2.50. The molecular formula is C20H30IN3O4S. The molecule has 1 aromatic carbocycles. The average molecular weight is 535 g/mol. The maximum Gasteiger partial charge on any atom is 0.191 e. The van der Waals surface area contributed by atoms with E-state index in [1.54, 1.807) is 18.4 Å². The second kappa shape index (κ2) is 13.6. The minimum absolute atomic E-state index is 0. The van der Waals surface area contributed by atoms with Gasteiger partial charge < -0.3 is 19.8 Å². The Kier molecular flexibility index (Phi) is 11.9. The minimum Gasteiger partial charge on any atom is -0.467 e. The van der Waals surface area contributed by atoms with Crippen LogP contribution >= 0.6 is 24.0 Å². The Morgan fingerprint density at radius 3 is 2.55 bits per heavy atom. The highest BCUT2D eigenvalue weighted by molar-refractivity contribution is 14.0. The zero-order valence-electron chi connectivity index (χ0n) is 16.9. The molecule has 1 aromatic heterocycles. The molecule has 2 N–H and O–H groups in total. The van der Waals surface area contributed by atoms with E-state index in [1.807, 2.05) is 31.2 Å². The van der Waals surface area contributed by atoms with E-state index < -0.39 is 9.84 Å². The third-order valence-corrected chi connectivity index (χ3v) is 5.07. The summed E-state index contributed by atoms with van der Waals surface area (Å²) < 4.78 is 33.7. The Bertz CT molecular complexity index is 822. The number of halogens is 1. The number of sulfone groups is 1. The zero-order chi connectivity index (χ0) is 20.2. The van der Waals surface area contributed by atoms with Crippen molar-refractivity contribution in [2.45, 2.75) is 31.3 Å². The maximum atomic E-state index is 11.5. The molecule has 162 valence electrons. The first kappa shape index (κ1) is 25.4. The molecule has 0 unspecified atom stereocenters. The Hall–Kier alpha value is -1.59. The number of furan rings is 1. The van der Waals surface area contributed by atoms with E-state index in [-0.39, 0.29) is 24.0 Å². The maximum absolute atomic E-state index is 11.5. The van der Waals surface area contributed by atoms with Crippen LogP contribution in [0.25, 0.3) is 0 Å². The molecule has 9 heteroatoms. The predicted octanol–water partition coefficient (Wildman–Crippen LogP) is 3.01. The van der Waals surface area contributed by atoms with Crippen molar-refractivity contribution in [2.24, 2.45) is 4.99 Å². The second-order valence-corrected chi connectivity index (χ2v) is 8.35. The molecule has 0 saturated heterocycles. The topological polar surface area (TPSA) is 92.9 Å². The monoisotopic (exact) mass is 535 g/mol. The van der Waals surface area contributed by atoms with E-state index in [9.17, 15) is 8.42 Å². The first-order valence-corrected chi connectivity index (χ1v) is 11.3. The van der Waals surface area contributed by atoms with Crippen LogP contribution in [0.1, 0.15) is 24.7 Å². The molecular weight excluding hydrogens is 505 g/mol. The first-order chi connectivity index (χ1) is 13.5. The van der Waals surface area contributed by atoms with E-state index >= 15 is 0 Å². The Labute approximate surface area is 190 Å². The molecule has 0 amide bonds. The summed E-state index contributed by atoms with van der Waals surface area (Å²) in [4.78, 5) is 4.88. The van der Waals surface area contributed by atoms with Gasteiger partial charge in [0.2, 0.25) is 0 Å². The lowest BCUT2D eigenvalue weighted by Gasteiger charge is -2.11. The standard InChI is InChI=1S/C20H29N3O4S.HI/c1-3-21-20(22-12-5-14-26-16-18-6-4-15-27-18)23-13-11-17-7-9-19(10-8-17)28(2,24)25;/h4,6-10,15H,3,5,11-14,16H2,1-2H3,(H2,21,22,23);1H. The smallest absolute Gasteiger partial charge is 0.191 e. The third kappa shape index (κ3) is 10.1. The van der Waals surface area contributed by atoms with Crippen LogP contribution in [0.2, 0.25) is 0 Å². The molecule has 0 atom stereocenters. The van der Waals surface area contributed by atoms with Crippen LogP contribution in [-0.4, -0.2) is 46.9 Å². The molecule has 29 heavy (non-hydrogen) atoms.